The molecule has 0 aromatic heterocycles. The third kappa shape index (κ3) is 10.9. The van der Waals surface area contributed by atoms with Crippen molar-refractivity contribution in [2.75, 3.05) is 30.7 Å². The van der Waals surface area contributed by atoms with Crippen LogP contribution in [0.4, 0.5) is 0 Å². The van der Waals surface area contributed by atoms with Crippen LogP contribution in [0.2, 0.25) is 0 Å². The molecule has 0 aromatic rings. The number of halogens is 1. The van der Waals surface area contributed by atoms with E-state index in [-0.39, 0.29) is 0 Å². The SMILES string of the molecule is CCCCCN1CCC[C@@H](CCCCOC(C)C)[I-]CC1. The van der Waals surface area contributed by atoms with Gasteiger partial charge < -0.3 is 0 Å². The van der Waals surface area contributed by atoms with Gasteiger partial charge >= 0.3 is 144 Å². The normalized spacial score (nSPS) is 21.8. The maximum absolute atomic E-state index is 5.64. The summed E-state index contributed by atoms with van der Waals surface area (Å²) >= 11 is 0.439. The van der Waals surface area contributed by atoms with Crippen LogP contribution in [-0.4, -0.2) is 45.6 Å². The zero-order valence-corrected chi connectivity index (χ0v) is 16.7. The van der Waals surface area contributed by atoms with Crippen LogP contribution in [0.15, 0.2) is 0 Å². The van der Waals surface area contributed by atoms with E-state index >= 15 is 0 Å². The van der Waals surface area contributed by atoms with Gasteiger partial charge in [-0.05, 0) is 0 Å². The van der Waals surface area contributed by atoms with Crippen LogP contribution in [-0.2, 0) is 4.74 Å². The van der Waals surface area contributed by atoms with Gasteiger partial charge in [-0.3, -0.25) is 0 Å². The second kappa shape index (κ2) is 13.1. The van der Waals surface area contributed by atoms with Crippen molar-refractivity contribution in [2.45, 2.75) is 82.2 Å². The summed E-state index contributed by atoms with van der Waals surface area (Å²) < 4.78 is 8.26. The molecule has 1 rings (SSSR count). The Morgan fingerprint density at radius 1 is 1.14 bits per heavy atom. The maximum atomic E-state index is 5.64. The van der Waals surface area contributed by atoms with Gasteiger partial charge in [0.2, 0.25) is 0 Å². The quantitative estimate of drug-likeness (QED) is 0.306. The summed E-state index contributed by atoms with van der Waals surface area (Å²) in [6.45, 7) is 11.6. The summed E-state index contributed by atoms with van der Waals surface area (Å²) in [5.74, 6) is 0. The van der Waals surface area contributed by atoms with Gasteiger partial charge in [-0.1, -0.05) is 0 Å². The molecule has 3 heteroatoms. The molecule has 1 atom stereocenters. The summed E-state index contributed by atoms with van der Waals surface area (Å²) in [6, 6.07) is 0. The number of hydrogen-bond acceptors (Lipinski definition) is 2. The summed E-state index contributed by atoms with van der Waals surface area (Å²) in [6.07, 6.45) is 11.6. The molecular weight excluding hydrogens is 373 g/mol. The molecule has 0 aliphatic carbocycles. The van der Waals surface area contributed by atoms with Crippen LogP contribution >= 0.6 is 0 Å². The van der Waals surface area contributed by atoms with E-state index in [4.69, 9.17) is 4.74 Å². The summed E-state index contributed by atoms with van der Waals surface area (Å²) in [4.78, 5) is 2.74. The van der Waals surface area contributed by atoms with Crippen molar-refractivity contribution in [3.63, 3.8) is 0 Å². The van der Waals surface area contributed by atoms with Gasteiger partial charge in [-0.15, -0.1) is 0 Å². The van der Waals surface area contributed by atoms with E-state index in [9.17, 15) is 0 Å². The fourth-order valence-corrected chi connectivity index (χ4v) is 6.47. The van der Waals surface area contributed by atoms with Crippen molar-refractivity contribution in [2.24, 2.45) is 0 Å². The Hall–Kier alpha value is 0.650. The molecular formula is C18H37INO-. The van der Waals surface area contributed by atoms with E-state index in [1.807, 2.05) is 0 Å². The van der Waals surface area contributed by atoms with Gasteiger partial charge in [0.25, 0.3) is 0 Å². The average Bonchev–Trinajstić information content (AvgIpc) is 2.42. The molecule has 128 valence electrons. The number of unbranched alkanes of at least 4 members (excludes halogenated alkanes) is 3. The van der Waals surface area contributed by atoms with E-state index in [1.54, 1.807) is 0 Å². The second-order valence-electron chi connectivity index (χ2n) is 6.55. The first-order valence-corrected chi connectivity index (χ1v) is 11.9. The van der Waals surface area contributed by atoms with Gasteiger partial charge in [0.15, 0.2) is 0 Å². The van der Waals surface area contributed by atoms with Gasteiger partial charge in [-0.25, -0.2) is 0 Å². The number of ether oxygens (including phenoxy) is 1. The van der Waals surface area contributed by atoms with Crippen molar-refractivity contribution in [1.29, 1.82) is 0 Å². The molecule has 0 radical (unpaired) electrons. The van der Waals surface area contributed by atoms with Crippen molar-refractivity contribution in [3.8, 4) is 0 Å². The third-order valence-corrected chi connectivity index (χ3v) is 7.76. The molecule has 0 saturated carbocycles. The van der Waals surface area contributed by atoms with Crippen LogP contribution in [0, 0.1) is 0 Å². The van der Waals surface area contributed by atoms with Crippen molar-refractivity contribution >= 4 is 0 Å². The van der Waals surface area contributed by atoms with Crippen LogP contribution in [0.3, 0.4) is 0 Å². The molecule has 0 unspecified atom stereocenters. The minimum atomic E-state index is 0.400. The molecule has 0 bridgehead atoms. The minimum absolute atomic E-state index is 0.400. The Balaban J connectivity index is 2.05. The second-order valence-corrected chi connectivity index (χ2v) is 10.3. The molecule has 1 saturated heterocycles. The van der Waals surface area contributed by atoms with E-state index in [0.717, 1.165) is 10.5 Å². The number of nitrogens with zero attached hydrogens (tertiary/aromatic N) is 1. The summed E-state index contributed by atoms with van der Waals surface area (Å²) in [7, 11) is 0. The van der Waals surface area contributed by atoms with Crippen molar-refractivity contribution in [3.05, 3.63) is 0 Å². The van der Waals surface area contributed by atoms with Gasteiger partial charge in [0.05, 0.1) is 0 Å². The van der Waals surface area contributed by atoms with E-state index in [0.29, 0.717) is 27.3 Å². The van der Waals surface area contributed by atoms with Crippen LogP contribution in [0.5, 0.6) is 0 Å². The molecule has 0 spiro atoms. The Labute approximate surface area is 143 Å². The molecule has 0 N–H and O–H groups in total. The van der Waals surface area contributed by atoms with Gasteiger partial charge in [-0.2, -0.15) is 0 Å². The van der Waals surface area contributed by atoms with E-state index < -0.39 is 0 Å². The fourth-order valence-electron chi connectivity index (χ4n) is 2.87. The molecule has 1 fully saturated rings. The summed E-state index contributed by atoms with van der Waals surface area (Å²) in [5.41, 5.74) is 0. The zero-order valence-electron chi connectivity index (χ0n) is 14.6. The van der Waals surface area contributed by atoms with Gasteiger partial charge in [0.1, 0.15) is 0 Å². The van der Waals surface area contributed by atoms with Crippen molar-refractivity contribution in [1.82, 2.24) is 4.90 Å². The zero-order chi connectivity index (χ0) is 15.3. The Bertz CT molecular complexity index is 225. The molecule has 2 nitrogen and oxygen atoms in total. The first kappa shape index (κ1) is 19.7. The third-order valence-electron chi connectivity index (χ3n) is 4.16. The Morgan fingerprint density at radius 3 is 2.76 bits per heavy atom. The molecule has 0 amide bonds. The first-order valence-electron chi connectivity index (χ1n) is 9.14. The number of rotatable bonds is 10. The molecule has 1 aliphatic heterocycles. The van der Waals surface area contributed by atoms with Crippen LogP contribution in [0.1, 0.15) is 72.1 Å². The fraction of sp³-hybridized carbons (Fsp3) is 1.00. The molecule has 1 aliphatic rings. The first-order chi connectivity index (χ1) is 10.2. The number of alkyl halides is 2. The molecule has 21 heavy (non-hydrogen) atoms. The molecule has 0 aromatic carbocycles. The van der Waals surface area contributed by atoms with Crippen LogP contribution < -0.4 is 21.2 Å². The Morgan fingerprint density at radius 2 is 2.00 bits per heavy atom. The Kier molecular flexibility index (Phi) is 12.3. The molecule has 1 heterocycles. The van der Waals surface area contributed by atoms with Crippen molar-refractivity contribution < 1.29 is 25.9 Å². The van der Waals surface area contributed by atoms with E-state index in [1.165, 1.54) is 75.4 Å². The number of hydrogen-bond donors (Lipinski definition) is 0. The monoisotopic (exact) mass is 410 g/mol. The predicted octanol–water partition coefficient (Wildman–Crippen LogP) is 1.33. The van der Waals surface area contributed by atoms with E-state index in [2.05, 4.69) is 25.7 Å². The van der Waals surface area contributed by atoms with Crippen LogP contribution in [0.25, 0.3) is 0 Å². The average molecular weight is 410 g/mol. The predicted molar refractivity (Wildman–Crippen MR) is 88.8 cm³/mol. The summed E-state index contributed by atoms with van der Waals surface area (Å²) in [5, 5.41) is 0. The standard InChI is InChI=1S/C18H37INO/c1-4-5-7-13-20-14-9-11-18(19-12-15-20)10-6-8-16-21-17(2)3/h17-18H,4-16H2,1-3H3/q-1/t18-/m1/s1. The van der Waals surface area contributed by atoms with Gasteiger partial charge in [0, 0.05) is 0 Å². The topological polar surface area (TPSA) is 12.5 Å².